The summed E-state index contributed by atoms with van der Waals surface area (Å²) in [5.41, 5.74) is -1.02. The monoisotopic (exact) mass is 454 g/mol. The molecular weight excluding hydrogens is 428 g/mol. The van der Waals surface area contributed by atoms with Crippen molar-refractivity contribution in [1.82, 2.24) is 10.3 Å². The highest BCUT2D eigenvalue weighted by atomic mass is 16.6. The fourth-order valence-electron chi connectivity index (χ4n) is 2.68. The Kier molecular flexibility index (Phi) is 8.15. The van der Waals surface area contributed by atoms with Crippen LogP contribution < -0.4 is 15.0 Å². The predicted octanol–water partition coefficient (Wildman–Crippen LogP) is 2.17. The van der Waals surface area contributed by atoms with E-state index < -0.39 is 47.1 Å². The topological polar surface area (TPSA) is 159 Å². The van der Waals surface area contributed by atoms with E-state index in [1.165, 1.54) is 11.1 Å². The number of esters is 1. The molecule has 0 bridgehead atoms. The number of nitrogens with one attached hydrogen (secondary N) is 1. The van der Waals surface area contributed by atoms with Gasteiger partial charge < -0.3 is 24.3 Å². The maximum Gasteiger partial charge on any atom is 0.414 e. The van der Waals surface area contributed by atoms with Crippen molar-refractivity contribution in [3.8, 4) is 5.88 Å². The molecule has 1 aliphatic rings. The first-order valence-corrected chi connectivity index (χ1v) is 9.88. The van der Waals surface area contributed by atoms with Crippen molar-refractivity contribution in [1.29, 1.82) is 0 Å². The van der Waals surface area contributed by atoms with E-state index in [2.05, 4.69) is 10.3 Å². The van der Waals surface area contributed by atoms with E-state index in [0.29, 0.717) is 6.42 Å². The molecule has 1 fully saturated rings. The molecule has 13 heteroatoms. The molecule has 2 rings (SSSR count). The van der Waals surface area contributed by atoms with Gasteiger partial charge in [-0.15, -0.1) is 0 Å². The summed E-state index contributed by atoms with van der Waals surface area (Å²) in [5, 5.41) is 14.0. The lowest BCUT2D eigenvalue weighted by molar-refractivity contribution is -0.386. The fraction of sp³-hybridized carbons (Fsp3) is 0.579. The molecule has 0 spiro atoms. The Hall–Kier alpha value is -3.64. The number of hydrogen-bond acceptors (Lipinski definition) is 10. The summed E-state index contributed by atoms with van der Waals surface area (Å²) in [7, 11) is 0. The van der Waals surface area contributed by atoms with Crippen LogP contribution in [0.25, 0.3) is 0 Å². The van der Waals surface area contributed by atoms with Gasteiger partial charge in [0.1, 0.15) is 11.7 Å². The first-order chi connectivity index (χ1) is 15.0. The van der Waals surface area contributed by atoms with Crippen LogP contribution >= 0.6 is 0 Å². The maximum absolute atomic E-state index is 12.2. The third-order valence-corrected chi connectivity index (χ3v) is 3.97. The normalized spacial score (nSPS) is 15.7. The van der Waals surface area contributed by atoms with Gasteiger partial charge in [-0.1, -0.05) is 0 Å². The highest BCUT2D eigenvalue weighted by Gasteiger charge is 2.34. The van der Waals surface area contributed by atoms with Crippen LogP contribution in [0.3, 0.4) is 0 Å². The van der Waals surface area contributed by atoms with E-state index in [1.54, 1.807) is 27.7 Å². The fourth-order valence-corrected chi connectivity index (χ4v) is 2.68. The lowest BCUT2D eigenvalue weighted by atomic mass is 10.2. The van der Waals surface area contributed by atoms with Crippen LogP contribution in [0.2, 0.25) is 0 Å². The van der Waals surface area contributed by atoms with Crippen molar-refractivity contribution >= 4 is 29.5 Å². The molecule has 0 radical (unpaired) electrons. The van der Waals surface area contributed by atoms with Gasteiger partial charge >= 0.3 is 23.8 Å². The molecule has 1 aromatic rings. The van der Waals surface area contributed by atoms with Gasteiger partial charge in [0.25, 0.3) is 5.88 Å². The summed E-state index contributed by atoms with van der Waals surface area (Å²) >= 11 is 0. The number of cyclic esters (lactones) is 1. The van der Waals surface area contributed by atoms with Gasteiger partial charge in [0.05, 0.1) is 30.0 Å². The number of rotatable bonds is 9. The average Bonchev–Trinajstić information content (AvgIpc) is 3.05. The van der Waals surface area contributed by atoms with Crippen LogP contribution in [0.1, 0.15) is 34.1 Å². The Balaban J connectivity index is 1.98. The number of aromatic nitrogens is 1. The molecule has 176 valence electrons. The number of anilines is 1. The quantitative estimate of drug-likeness (QED) is 0.253. The van der Waals surface area contributed by atoms with Gasteiger partial charge in [0.2, 0.25) is 0 Å². The van der Waals surface area contributed by atoms with Crippen molar-refractivity contribution in [3.05, 3.63) is 22.4 Å². The number of pyridine rings is 1. The number of ether oxygens (including phenoxy) is 4. The first-order valence-electron chi connectivity index (χ1n) is 9.88. The number of amides is 2. The minimum atomic E-state index is -0.735. The van der Waals surface area contributed by atoms with E-state index in [-0.39, 0.29) is 31.3 Å². The summed E-state index contributed by atoms with van der Waals surface area (Å²) in [4.78, 5) is 51.0. The number of hydrogen-bond donors (Lipinski definition) is 1. The largest absolute Gasteiger partial charge is 0.463 e. The number of nitro groups is 1. The second kappa shape index (κ2) is 10.6. The van der Waals surface area contributed by atoms with E-state index in [0.717, 1.165) is 6.07 Å². The summed E-state index contributed by atoms with van der Waals surface area (Å²) in [6, 6.07) is 1.11. The van der Waals surface area contributed by atoms with Crippen LogP contribution in [0.15, 0.2) is 12.3 Å². The summed E-state index contributed by atoms with van der Waals surface area (Å²) in [5.74, 6) is -1.07. The van der Waals surface area contributed by atoms with Crippen LogP contribution in [0.4, 0.5) is 21.0 Å². The van der Waals surface area contributed by atoms with Crippen molar-refractivity contribution in [2.75, 3.05) is 31.2 Å². The lowest BCUT2D eigenvalue weighted by Gasteiger charge is -2.20. The second-order valence-corrected chi connectivity index (χ2v) is 7.70. The minimum Gasteiger partial charge on any atom is -0.463 e. The molecule has 0 aliphatic carbocycles. The van der Waals surface area contributed by atoms with Crippen molar-refractivity contribution in [3.63, 3.8) is 0 Å². The Morgan fingerprint density at radius 2 is 2.12 bits per heavy atom. The zero-order chi connectivity index (χ0) is 23.9. The lowest BCUT2D eigenvalue weighted by Crippen LogP contribution is -2.34. The smallest absolute Gasteiger partial charge is 0.414 e. The molecule has 2 heterocycles. The maximum atomic E-state index is 12.2. The number of nitrogens with zero attached hydrogens (tertiary/aromatic N) is 3. The van der Waals surface area contributed by atoms with Crippen molar-refractivity contribution < 1.29 is 38.3 Å². The summed E-state index contributed by atoms with van der Waals surface area (Å²) < 4.78 is 20.2. The molecule has 1 N–H and O–H groups in total. The Morgan fingerprint density at radius 1 is 1.41 bits per heavy atom. The minimum absolute atomic E-state index is 0.108. The van der Waals surface area contributed by atoms with Crippen LogP contribution in [0.5, 0.6) is 5.88 Å². The molecule has 1 saturated heterocycles. The van der Waals surface area contributed by atoms with E-state index >= 15 is 0 Å². The molecule has 32 heavy (non-hydrogen) atoms. The van der Waals surface area contributed by atoms with Gasteiger partial charge in [0.15, 0.2) is 6.61 Å². The zero-order valence-electron chi connectivity index (χ0n) is 18.3. The average molecular weight is 454 g/mol. The summed E-state index contributed by atoms with van der Waals surface area (Å²) in [6.45, 7) is 6.75. The summed E-state index contributed by atoms with van der Waals surface area (Å²) in [6.07, 6.45) is -0.315. The van der Waals surface area contributed by atoms with Crippen LogP contribution in [0, 0.1) is 10.1 Å². The predicted molar refractivity (Wildman–Crippen MR) is 109 cm³/mol. The van der Waals surface area contributed by atoms with E-state index in [9.17, 15) is 24.5 Å². The van der Waals surface area contributed by atoms with Crippen molar-refractivity contribution in [2.24, 2.45) is 0 Å². The highest BCUT2D eigenvalue weighted by Crippen LogP contribution is 2.31. The van der Waals surface area contributed by atoms with Crippen molar-refractivity contribution in [2.45, 2.75) is 45.8 Å². The molecule has 0 saturated carbocycles. The third kappa shape index (κ3) is 7.25. The van der Waals surface area contributed by atoms with Gasteiger partial charge in [0, 0.05) is 19.0 Å². The molecule has 0 aromatic carbocycles. The number of carbonyl (C=O) groups excluding carboxylic acids is 3. The Morgan fingerprint density at radius 3 is 2.75 bits per heavy atom. The molecule has 1 unspecified atom stereocenters. The SMILES string of the molecule is CCOC(=O)COc1ncc(N2CC(CCNC(=O)OC(C)(C)C)OC2=O)cc1[N+](=O)[O-]. The molecule has 2 amide bonds. The van der Waals surface area contributed by atoms with E-state index in [1.807, 2.05) is 0 Å². The van der Waals surface area contributed by atoms with Gasteiger partial charge in [-0.3, -0.25) is 15.0 Å². The number of carbonyl (C=O) groups is 3. The molecule has 1 aromatic heterocycles. The van der Waals surface area contributed by atoms with Gasteiger partial charge in [-0.2, -0.15) is 0 Å². The zero-order valence-corrected chi connectivity index (χ0v) is 18.3. The van der Waals surface area contributed by atoms with Gasteiger partial charge in [-0.05, 0) is 27.7 Å². The van der Waals surface area contributed by atoms with E-state index in [4.69, 9.17) is 18.9 Å². The third-order valence-electron chi connectivity index (χ3n) is 3.97. The van der Waals surface area contributed by atoms with Crippen LogP contribution in [-0.2, 0) is 19.0 Å². The first kappa shape index (κ1) is 24.6. The number of alkyl carbamates (subject to hydrolysis) is 1. The Labute approximate surface area is 184 Å². The Bertz CT molecular complexity index is 869. The molecule has 1 atom stereocenters. The van der Waals surface area contributed by atoms with Gasteiger partial charge in [-0.25, -0.2) is 19.4 Å². The standard InChI is InChI=1S/C19H26N4O9/c1-5-29-15(24)11-30-16-14(23(27)28)8-12(9-21-16)22-10-13(31-18(22)26)6-7-20-17(25)32-19(2,3)4/h8-9,13H,5-7,10-11H2,1-4H3,(H,20,25). The van der Waals surface area contributed by atoms with Crippen LogP contribution in [-0.4, -0.2) is 66.1 Å². The highest BCUT2D eigenvalue weighted by molar-refractivity contribution is 5.90. The second-order valence-electron chi connectivity index (χ2n) is 7.70. The molecule has 1 aliphatic heterocycles. The molecular formula is C19H26N4O9. The molecule has 13 nitrogen and oxygen atoms in total.